The number of nitrogens with zero attached hydrogens (tertiary/aromatic N) is 4. The van der Waals surface area contributed by atoms with Crippen LogP contribution in [0.15, 0.2) is 48.5 Å². The predicted octanol–water partition coefficient (Wildman–Crippen LogP) is 4.03. The summed E-state index contributed by atoms with van der Waals surface area (Å²) in [5.41, 5.74) is 4.54. The zero-order chi connectivity index (χ0) is 20.0. The van der Waals surface area contributed by atoms with Crippen molar-refractivity contribution in [2.75, 3.05) is 18.9 Å². The smallest absolute Gasteiger partial charge is 0.257 e. The third kappa shape index (κ3) is 3.32. The van der Waals surface area contributed by atoms with E-state index < -0.39 is 0 Å². The number of amides is 1. The molecule has 1 amide bonds. The minimum Gasteiger partial charge on any atom is -0.301 e. The second kappa shape index (κ2) is 7.09. The number of fused-ring (bicyclic) bond motifs is 2. The molecule has 4 aromatic rings. The Kier molecular flexibility index (Phi) is 4.41. The first-order valence-electron chi connectivity index (χ1n) is 9.61. The number of likely N-dealkylation sites (N-methyl/N-ethyl adjacent to an activating group) is 1. The van der Waals surface area contributed by atoms with Gasteiger partial charge in [-0.05, 0) is 44.3 Å². The largest absolute Gasteiger partial charge is 0.301 e. The monoisotopic (exact) mass is 403 g/mol. The van der Waals surface area contributed by atoms with Crippen molar-refractivity contribution >= 4 is 33.4 Å². The summed E-state index contributed by atoms with van der Waals surface area (Å²) in [5.74, 6) is 0.735. The summed E-state index contributed by atoms with van der Waals surface area (Å²) in [6.45, 7) is 3.87. The highest BCUT2D eigenvalue weighted by Gasteiger charge is 2.20. The van der Waals surface area contributed by atoms with Crippen molar-refractivity contribution in [1.82, 2.24) is 19.4 Å². The van der Waals surface area contributed by atoms with Crippen LogP contribution < -0.4 is 5.32 Å². The first-order chi connectivity index (χ1) is 14.1. The van der Waals surface area contributed by atoms with E-state index in [0.29, 0.717) is 10.7 Å². The van der Waals surface area contributed by atoms with Gasteiger partial charge in [-0.3, -0.25) is 14.7 Å². The minimum absolute atomic E-state index is 0.154. The lowest BCUT2D eigenvalue weighted by Crippen LogP contribution is -2.25. The molecule has 2 aromatic carbocycles. The Hall–Kier alpha value is -3.03. The Morgan fingerprint density at radius 2 is 1.97 bits per heavy atom. The van der Waals surface area contributed by atoms with E-state index in [4.69, 9.17) is 0 Å². The SMILES string of the molecule is Cc1nc2cc(C(=O)Nc3nc4c(s3)CN(C)CC4)ccc2n1-c1ccccc1. The van der Waals surface area contributed by atoms with Gasteiger partial charge in [0.2, 0.25) is 0 Å². The predicted molar refractivity (Wildman–Crippen MR) is 116 cm³/mol. The Morgan fingerprint density at radius 1 is 1.14 bits per heavy atom. The van der Waals surface area contributed by atoms with Crippen molar-refractivity contribution in [2.45, 2.75) is 19.9 Å². The van der Waals surface area contributed by atoms with Crippen molar-refractivity contribution in [3.8, 4) is 5.69 Å². The van der Waals surface area contributed by atoms with Gasteiger partial charge in [0.25, 0.3) is 5.91 Å². The first kappa shape index (κ1) is 18.0. The Morgan fingerprint density at radius 3 is 2.79 bits per heavy atom. The fraction of sp³-hybridized carbons (Fsp3) is 0.227. The maximum Gasteiger partial charge on any atom is 0.257 e. The molecule has 6 nitrogen and oxygen atoms in total. The molecule has 0 spiro atoms. The summed E-state index contributed by atoms with van der Waals surface area (Å²) in [6.07, 6.45) is 0.931. The van der Waals surface area contributed by atoms with Crippen LogP contribution >= 0.6 is 11.3 Å². The van der Waals surface area contributed by atoms with Crippen LogP contribution in [0, 0.1) is 6.92 Å². The maximum atomic E-state index is 12.8. The molecule has 146 valence electrons. The number of aryl methyl sites for hydroxylation is 1. The number of anilines is 1. The zero-order valence-electron chi connectivity index (χ0n) is 16.3. The highest BCUT2D eigenvalue weighted by atomic mass is 32.1. The second-order valence-electron chi connectivity index (χ2n) is 7.36. The molecule has 0 fully saturated rings. The van der Waals surface area contributed by atoms with Gasteiger partial charge in [0.05, 0.1) is 16.7 Å². The van der Waals surface area contributed by atoms with E-state index in [0.717, 1.165) is 47.7 Å². The lowest BCUT2D eigenvalue weighted by molar-refractivity contribution is 0.102. The first-order valence-corrected chi connectivity index (χ1v) is 10.4. The molecule has 29 heavy (non-hydrogen) atoms. The topological polar surface area (TPSA) is 63.1 Å². The van der Waals surface area contributed by atoms with Crippen molar-refractivity contribution in [2.24, 2.45) is 0 Å². The number of carbonyl (C=O) groups excluding carboxylic acids is 1. The number of thiazole rings is 1. The number of benzene rings is 2. The maximum absolute atomic E-state index is 12.8. The quantitative estimate of drug-likeness (QED) is 0.561. The molecular weight excluding hydrogens is 382 g/mol. The fourth-order valence-corrected chi connectivity index (χ4v) is 4.87. The molecule has 0 saturated heterocycles. The van der Waals surface area contributed by atoms with Crippen LogP contribution in [0.3, 0.4) is 0 Å². The normalized spacial score (nSPS) is 14.1. The van der Waals surface area contributed by atoms with Crippen LogP contribution in [-0.4, -0.2) is 38.9 Å². The number of rotatable bonds is 3. The molecule has 1 aliphatic heterocycles. The molecule has 0 radical (unpaired) electrons. The molecule has 0 bridgehead atoms. The highest BCUT2D eigenvalue weighted by Crippen LogP contribution is 2.28. The van der Waals surface area contributed by atoms with Gasteiger partial charge < -0.3 is 4.90 Å². The Bertz CT molecular complexity index is 1210. The van der Waals surface area contributed by atoms with Crippen LogP contribution in [0.2, 0.25) is 0 Å². The van der Waals surface area contributed by atoms with Gasteiger partial charge in [-0.1, -0.05) is 18.2 Å². The average molecular weight is 404 g/mol. The molecule has 0 atom stereocenters. The lowest BCUT2D eigenvalue weighted by atomic mass is 10.2. The van der Waals surface area contributed by atoms with Gasteiger partial charge >= 0.3 is 0 Å². The molecule has 7 heteroatoms. The van der Waals surface area contributed by atoms with E-state index in [9.17, 15) is 4.79 Å². The van der Waals surface area contributed by atoms with Crippen molar-refractivity contribution in [3.05, 3.63) is 70.5 Å². The molecule has 5 rings (SSSR count). The third-order valence-electron chi connectivity index (χ3n) is 5.24. The Labute approximate surface area is 172 Å². The fourth-order valence-electron chi connectivity index (χ4n) is 3.79. The molecule has 1 N–H and O–H groups in total. The standard InChI is InChI=1S/C22H21N5OS/c1-14-23-18-12-15(8-9-19(18)27(14)16-6-4-3-5-7-16)21(28)25-22-24-17-10-11-26(2)13-20(17)29-22/h3-9,12H,10-11,13H2,1-2H3,(H,24,25,28). The van der Waals surface area contributed by atoms with E-state index in [1.165, 1.54) is 4.88 Å². The molecular formula is C22H21N5OS. The zero-order valence-corrected chi connectivity index (χ0v) is 17.2. The van der Waals surface area contributed by atoms with Crippen LogP contribution in [0.1, 0.15) is 26.8 Å². The number of para-hydroxylation sites is 1. The van der Waals surface area contributed by atoms with Gasteiger partial charge in [0.1, 0.15) is 5.82 Å². The third-order valence-corrected chi connectivity index (χ3v) is 6.24. The summed E-state index contributed by atoms with van der Waals surface area (Å²) in [7, 11) is 2.10. The summed E-state index contributed by atoms with van der Waals surface area (Å²) in [5, 5.41) is 3.63. The molecule has 3 heterocycles. The van der Waals surface area contributed by atoms with E-state index in [-0.39, 0.29) is 5.91 Å². The highest BCUT2D eigenvalue weighted by molar-refractivity contribution is 7.15. The van der Waals surface area contributed by atoms with Gasteiger partial charge in [0.15, 0.2) is 5.13 Å². The summed E-state index contributed by atoms with van der Waals surface area (Å²) >= 11 is 1.57. The molecule has 2 aromatic heterocycles. The van der Waals surface area contributed by atoms with Gasteiger partial charge in [0, 0.05) is 35.6 Å². The van der Waals surface area contributed by atoms with E-state index in [2.05, 4.69) is 43.9 Å². The number of carbonyl (C=O) groups is 1. The summed E-state index contributed by atoms with van der Waals surface area (Å²) in [6, 6.07) is 15.8. The molecule has 0 saturated carbocycles. The molecule has 1 aliphatic rings. The van der Waals surface area contributed by atoms with E-state index >= 15 is 0 Å². The number of hydrogen-bond donors (Lipinski definition) is 1. The van der Waals surface area contributed by atoms with Gasteiger partial charge in [-0.2, -0.15) is 0 Å². The van der Waals surface area contributed by atoms with Gasteiger partial charge in [-0.15, -0.1) is 11.3 Å². The van der Waals surface area contributed by atoms with Crippen LogP contribution in [0.5, 0.6) is 0 Å². The average Bonchev–Trinajstić information content (AvgIpc) is 3.26. The van der Waals surface area contributed by atoms with Crippen LogP contribution in [0.25, 0.3) is 16.7 Å². The number of aromatic nitrogens is 3. The number of hydrogen-bond acceptors (Lipinski definition) is 5. The molecule has 0 unspecified atom stereocenters. The lowest BCUT2D eigenvalue weighted by Gasteiger charge is -2.20. The minimum atomic E-state index is -0.154. The van der Waals surface area contributed by atoms with E-state index in [1.54, 1.807) is 11.3 Å². The molecule has 0 aliphatic carbocycles. The van der Waals surface area contributed by atoms with Crippen molar-refractivity contribution < 1.29 is 4.79 Å². The van der Waals surface area contributed by atoms with Crippen LogP contribution in [0.4, 0.5) is 5.13 Å². The van der Waals surface area contributed by atoms with Crippen LogP contribution in [-0.2, 0) is 13.0 Å². The number of nitrogens with one attached hydrogen (secondary N) is 1. The van der Waals surface area contributed by atoms with Crippen molar-refractivity contribution in [1.29, 1.82) is 0 Å². The number of imidazole rings is 1. The summed E-state index contributed by atoms with van der Waals surface area (Å²) in [4.78, 5) is 25.6. The van der Waals surface area contributed by atoms with E-state index in [1.807, 2.05) is 43.3 Å². The second-order valence-corrected chi connectivity index (χ2v) is 8.45. The summed E-state index contributed by atoms with van der Waals surface area (Å²) < 4.78 is 2.10. The van der Waals surface area contributed by atoms with Gasteiger partial charge in [-0.25, -0.2) is 9.97 Å². The van der Waals surface area contributed by atoms with Crippen molar-refractivity contribution in [3.63, 3.8) is 0 Å². The Balaban J connectivity index is 1.43.